The van der Waals surface area contributed by atoms with E-state index in [1.807, 2.05) is 19.2 Å². The smallest absolute Gasteiger partial charge is 0.0406 e. The Kier molecular flexibility index (Phi) is 6.84. The van der Waals surface area contributed by atoms with Gasteiger partial charge in [0.05, 0.1) is 0 Å². The lowest BCUT2D eigenvalue weighted by molar-refractivity contribution is 0.153. The van der Waals surface area contributed by atoms with E-state index in [0.717, 1.165) is 24.7 Å². The van der Waals surface area contributed by atoms with Crippen LogP contribution in [-0.4, -0.2) is 32.1 Å². The van der Waals surface area contributed by atoms with Gasteiger partial charge in [0.15, 0.2) is 0 Å². The van der Waals surface area contributed by atoms with Crippen LogP contribution in [0.15, 0.2) is 24.3 Å². The summed E-state index contributed by atoms with van der Waals surface area (Å²) in [6.45, 7) is 7.74. The highest BCUT2D eigenvalue weighted by Gasteiger charge is 2.26. The number of hydrogen-bond donors (Lipinski definition) is 1. The molecule has 1 N–H and O–H groups in total. The van der Waals surface area contributed by atoms with Gasteiger partial charge >= 0.3 is 0 Å². The fraction of sp³-hybridized carbons (Fsp3) is 0.625. The van der Waals surface area contributed by atoms with E-state index in [2.05, 4.69) is 43.2 Å². The minimum Gasteiger partial charge on any atom is -0.319 e. The van der Waals surface area contributed by atoms with E-state index in [1.165, 1.54) is 18.4 Å². The van der Waals surface area contributed by atoms with Crippen LogP contribution in [-0.2, 0) is 6.54 Å². The van der Waals surface area contributed by atoms with Crippen molar-refractivity contribution in [2.45, 2.75) is 33.2 Å². The molecule has 1 aromatic rings. The van der Waals surface area contributed by atoms with Gasteiger partial charge in [0.25, 0.3) is 0 Å². The molecule has 0 amide bonds. The second-order valence-corrected chi connectivity index (χ2v) is 5.97. The molecule has 0 fully saturated rings. The third-order valence-corrected chi connectivity index (χ3v) is 4.27. The van der Waals surface area contributed by atoms with Crippen LogP contribution in [0.3, 0.4) is 0 Å². The molecule has 0 unspecified atom stereocenters. The molecular formula is C16H27ClN2. The van der Waals surface area contributed by atoms with Crippen molar-refractivity contribution in [3.63, 3.8) is 0 Å². The molecule has 19 heavy (non-hydrogen) atoms. The standard InChI is InChI=1S/C16H27ClN2/c1-5-16(6-2,12-18-3)13-19(4)11-14-7-9-15(17)10-8-14/h7-10,18H,5-6,11-13H2,1-4H3. The summed E-state index contributed by atoms with van der Waals surface area (Å²) in [5.74, 6) is 0. The van der Waals surface area contributed by atoms with Crippen molar-refractivity contribution in [3.05, 3.63) is 34.9 Å². The largest absolute Gasteiger partial charge is 0.319 e. The summed E-state index contributed by atoms with van der Waals surface area (Å²) in [5.41, 5.74) is 1.69. The van der Waals surface area contributed by atoms with Gasteiger partial charge in [0.1, 0.15) is 0 Å². The van der Waals surface area contributed by atoms with Gasteiger partial charge in [-0.25, -0.2) is 0 Å². The molecule has 0 bridgehead atoms. The summed E-state index contributed by atoms with van der Waals surface area (Å²) in [7, 11) is 4.24. The molecule has 0 spiro atoms. The maximum Gasteiger partial charge on any atom is 0.0406 e. The number of hydrogen-bond acceptors (Lipinski definition) is 2. The first-order chi connectivity index (χ1) is 9.05. The fourth-order valence-electron chi connectivity index (χ4n) is 2.68. The van der Waals surface area contributed by atoms with Gasteiger partial charge in [-0.05, 0) is 50.0 Å². The topological polar surface area (TPSA) is 15.3 Å². The second kappa shape index (κ2) is 7.88. The average molecular weight is 283 g/mol. The normalized spacial score (nSPS) is 12.1. The summed E-state index contributed by atoms with van der Waals surface area (Å²) >= 11 is 5.92. The molecule has 3 heteroatoms. The Bertz CT molecular complexity index is 358. The molecule has 0 atom stereocenters. The molecule has 1 rings (SSSR count). The van der Waals surface area contributed by atoms with Crippen LogP contribution in [0, 0.1) is 5.41 Å². The first kappa shape index (κ1) is 16.5. The van der Waals surface area contributed by atoms with Crippen molar-refractivity contribution in [2.75, 3.05) is 27.2 Å². The molecule has 0 aliphatic rings. The third-order valence-electron chi connectivity index (χ3n) is 4.02. The van der Waals surface area contributed by atoms with Crippen LogP contribution in [0.1, 0.15) is 32.3 Å². The third kappa shape index (κ3) is 5.13. The molecule has 2 nitrogen and oxygen atoms in total. The Labute approximate surface area is 123 Å². The minimum absolute atomic E-state index is 0.371. The SMILES string of the molecule is CCC(CC)(CNC)CN(C)Cc1ccc(Cl)cc1. The van der Waals surface area contributed by atoms with Crippen LogP contribution >= 0.6 is 11.6 Å². The van der Waals surface area contributed by atoms with Crippen molar-refractivity contribution in [2.24, 2.45) is 5.41 Å². The molecule has 0 radical (unpaired) electrons. The van der Waals surface area contributed by atoms with Crippen LogP contribution in [0.2, 0.25) is 5.02 Å². The minimum atomic E-state index is 0.371. The van der Waals surface area contributed by atoms with Crippen LogP contribution < -0.4 is 5.32 Å². The molecule has 0 aliphatic carbocycles. The number of halogens is 1. The Morgan fingerprint density at radius 2 is 1.74 bits per heavy atom. The fourth-order valence-corrected chi connectivity index (χ4v) is 2.81. The zero-order valence-corrected chi connectivity index (χ0v) is 13.4. The number of rotatable bonds is 8. The number of nitrogens with one attached hydrogen (secondary N) is 1. The van der Waals surface area contributed by atoms with Gasteiger partial charge in [-0.3, -0.25) is 0 Å². The van der Waals surface area contributed by atoms with E-state index >= 15 is 0 Å². The zero-order chi connectivity index (χ0) is 14.3. The Balaban J connectivity index is 2.61. The van der Waals surface area contributed by atoms with Crippen molar-refractivity contribution in [1.82, 2.24) is 10.2 Å². The number of nitrogens with zero attached hydrogens (tertiary/aromatic N) is 1. The van der Waals surface area contributed by atoms with Gasteiger partial charge in [-0.1, -0.05) is 37.6 Å². The van der Waals surface area contributed by atoms with E-state index < -0.39 is 0 Å². The predicted molar refractivity (Wildman–Crippen MR) is 84.7 cm³/mol. The summed E-state index contributed by atoms with van der Waals surface area (Å²) < 4.78 is 0. The monoisotopic (exact) mass is 282 g/mol. The molecular weight excluding hydrogens is 256 g/mol. The lowest BCUT2D eigenvalue weighted by Crippen LogP contribution is -2.41. The van der Waals surface area contributed by atoms with Gasteiger partial charge in [-0.15, -0.1) is 0 Å². The maximum absolute atomic E-state index is 5.92. The molecule has 0 aliphatic heterocycles. The van der Waals surface area contributed by atoms with E-state index in [0.29, 0.717) is 5.41 Å². The first-order valence-electron chi connectivity index (χ1n) is 7.13. The number of benzene rings is 1. The van der Waals surface area contributed by atoms with Crippen LogP contribution in [0.4, 0.5) is 0 Å². The van der Waals surface area contributed by atoms with Gasteiger partial charge < -0.3 is 10.2 Å². The van der Waals surface area contributed by atoms with Crippen LogP contribution in [0.5, 0.6) is 0 Å². The summed E-state index contributed by atoms with van der Waals surface area (Å²) in [4.78, 5) is 2.41. The average Bonchev–Trinajstić information content (AvgIpc) is 2.41. The highest BCUT2D eigenvalue weighted by atomic mass is 35.5. The molecule has 0 saturated heterocycles. The van der Waals surface area contributed by atoms with Crippen LogP contribution in [0.25, 0.3) is 0 Å². The molecule has 1 aromatic carbocycles. The summed E-state index contributed by atoms with van der Waals surface area (Å²) in [6, 6.07) is 8.14. The molecule has 0 saturated carbocycles. The highest BCUT2D eigenvalue weighted by Crippen LogP contribution is 2.27. The highest BCUT2D eigenvalue weighted by molar-refractivity contribution is 6.30. The summed E-state index contributed by atoms with van der Waals surface area (Å²) in [6.07, 6.45) is 2.41. The molecule has 0 heterocycles. The van der Waals surface area contributed by atoms with E-state index in [1.54, 1.807) is 0 Å². The predicted octanol–water partition coefficient (Wildman–Crippen LogP) is 3.80. The van der Waals surface area contributed by atoms with Gasteiger partial charge in [0, 0.05) is 24.7 Å². The van der Waals surface area contributed by atoms with Crippen molar-refractivity contribution in [3.8, 4) is 0 Å². The van der Waals surface area contributed by atoms with Gasteiger partial charge in [-0.2, -0.15) is 0 Å². The summed E-state index contributed by atoms with van der Waals surface area (Å²) in [5, 5.41) is 4.15. The van der Waals surface area contributed by atoms with Crippen molar-refractivity contribution >= 4 is 11.6 Å². The lowest BCUT2D eigenvalue weighted by atomic mass is 9.81. The molecule has 0 aromatic heterocycles. The van der Waals surface area contributed by atoms with Crippen molar-refractivity contribution < 1.29 is 0 Å². The Morgan fingerprint density at radius 1 is 1.16 bits per heavy atom. The van der Waals surface area contributed by atoms with Gasteiger partial charge in [0.2, 0.25) is 0 Å². The van der Waals surface area contributed by atoms with E-state index in [4.69, 9.17) is 11.6 Å². The van der Waals surface area contributed by atoms with Crippen molar-refractivity contribution in [1.29, 1.82) is 0 Å². The zero-order valence-electron chi connectivity index (χ0n) is 12.7. The first-order valence-corrected chi connectivity index (χ1v) is 7.50. The quantitative estimate of drug-likeness (QED) is 0.780. The Hall–Kier alpha value is -0.570. The molecule has 108 valence electrons. The lowest BCUT2D eigenvalue weighted by Gasteiger charge is -2.35. The van der Waals surface area contributed by atoms with E-state index in [-0.39, 0.29) is 0 Å². The van der Waals surface area contributed by atoms with E-state index in [9.17, 15) is 0 Å². The maximum atomic E-state index is 5.92. The second-order valence-electron chi connectivity index (χ2n) is 5.54. The Morgan fingerprint density at radius 3 is 2.21 bits per heavy atom.